The third-order valence-corrected chi connectivity index (χ3v) is 3.37. The highest BCUT2D eigenvalue weighted by molar-refractivity contribution is 5.75. The number of hydrogen-bond donors (Lipinski definition) is 4. The summed E-state index contributed by atoms with van der Waals surface area (Å²) < 4.78 is 19.4. The van der Waals surface area contributed by atoms with Crippen LogP contribution in [0.1, 0.15) is 0 Å². The van der Waals surface area contributed by atoms with Gasteiger partial charge in [0, 0.05) is 26.0 Å². The molecule has 2 aromatic rings. The highest BCUT2D eigenvalue weighted by atomic mass is 16.7. The van der Waals surface area contributed by atoms with Gasteiger partial charge in [0.1, 0.15) is 5.75 Å². The molecule has 0 aliphatic rings. The molecule has 0 saturated carbocycles. The van der Waals surface area contributed by atoms with Crippen LogP contribution in [0.2, 0.25) is 0 Å². The average Bonchev–Trinajstić information content (AvgIpc) is 2.68. The topological polar surface area (TPSA) is 227 Å². The smallest absolute Gasteiger partial charge is 0.302 e. The molecule has 14 nitrogen and oxygen atoms in total. The van der Waals surface area contributed by atoms with Crippen molar-refractivity contribution in [3.63, 3.8) is 0 Å². The van der Waals surface area contributed by atoms with Crippen LogP contribution in [0.3, 0.4) is 0 Å². The summed E-state index contributed by atoms with van der Waals surface area (Å²) in [5.74, 6) is 0.284. The van der Waals surface area contributed by atoms with Crippen molar-refractivity contribution >= 4 is 34.1 Å². The maximum atomic E-state index is 10.6. The van der Waals surface area contributed by atoms with Gasteiger partial charge in [0.15, 0.2) is 25.0 Å². The Morgan fingerprint density at radius 1 is 0.800 bits per heavy atom. The van der Waals surface area contributed by atoms with E-state index in [2.05, 4.69) is 4.74 Å². The molecule has 0 fully saturated rings. The monoisotopic (exact) mass is 426 g/mol. The number of ether oxygens (including phenoxy) is 4. The number of nitro benzene ring substituents is 2. The zero-order chi connectivity index (χ0) is 22.8. The van der Waals surface area contributed by atoms with E-state index in [-0.39, 0.29) is 25.0 Å². The van der Waals surface area contributed by atoms with E-state index in [1.807, 2.05) is 0 Å². The largest absolute Gasteiger partial charge is 0.465 e. The van der Waals surface area contributed by atoms with Crippen molar-refractivity contribution in [2.24, 2.45) is 0 Å². The fourth-order valence-electron chi connectivity index (χ4n) is 2.01. The van der Waals surface area contributed by atoms with Gasteiger partial charge in [-0.05, 0) is 6.07 Å². The summed E-state index contributed by atoms with van der Waals surface area (Å²) in [6, 6.07) is 4.95. The first-order chi connectivity index (χ1) is 14.1. The van der Waals surface area contributed by atoms with Crippen molar-refractivity contribution in [1.82, 2.24) is 0 Å². The first-order valence-electron chi connectivity index (χ1n) is 8.02. The van der Waals surface area contributed by atoms with Crippen LogP contribution >= 0.6 is 0 Å². The number of rotatable bonds is 8. The molecule has 14 heteroatoms. The highest BCUT2D eigenvalue weighted by Gasteiger charge is 2.23. The molecule has 0 heterocycles. The molecule has 164 valence electrons. The lowest BCUT2D eigenvalue weighted by molar-refractivity contribution is -0.393. The molecular weight excluding hydrogens is 404 g/mol. The minimum atomic E-state index is -0.817. The molecule has 0 spiro atoms. The number of benzene rings is 2. The Kier molecular flexibility index (Phi) is 8.86. The molecule has 30 heavy (non-hydrogen) atoms. The molecule has 0 saturated heterocycles. The lowest BCUT2D eigenvalue weighted by atomic mass is 10.2. The van der Waals surface area contributed by atoms with Crippen LogP contribution in [0, 0.1) is 20.2 Å². The van der Waals surface area contributed by atoms with Gasteiger partial charge in [-0.2, -0.15) is 0 Å². The first-order valence-corrected chi connectivity index (χ1v) is 8.02. The van der Waals surface area contributed by atoms with Crippen LogP contribution in [0.25, 0.3) is 0 Å². The standard InChI is InChI=1S/C8H9N3O6.C8H13N3O2/c1-16-4-17-7-3-5(10(12)13)2-6(8(7)9)11(14)15;1-12-4-13-7-3-5(9)2-6(10)8(7)11/h2-3H,4,9H2,1H3;2-3H,4,9-11H2,1H3. The Balaban J connectivity index is 0.000000311. The summed E-state index contributed by atoms with van der Waals surface area (Å²) in [5.41, 5.74) is 22.2. The van der Waals surface area contributed by atoms with Gasteiger partial charge in [0.2, 0.25) is 0 Å². The van der Waals surface area contributed by atoms with Crippen molar-refractivity contribution in [3.8, 4) is 11.5 Å². The molecule has 0 atom stereocenters. The lowest BCUT2D eigenvalue weighted by Crippen LogP contribution is -2.05. The number of nitrogen functional groups attached to an aromatic ring is 4. The molecule has 0 aliphatic carbocycles. The van der Waals surface area contributed by atoms with Gasteiger partial charge in [-0.15, -0.1) is 0 Å². The predicted molar refractivity (Wildman–Crippen MR) is 109 cm³/mol. The van der Waals surface area contributed by atoms with E-state index in [0.29, 0.717) is 22.8 Å². The van der Waals surface area contributed by atoms with Gasteiger partial charge in [0.25, 0.3) is 5.69 Å². The summed E-state index contributed by atoms with van der Waals surface area (Å²) in [7, 11) is 2.85. The maximum absolute atomic E-state index is 10.6. The molecule has 2 rings (SSSR count). The van der Waals surface area contributed by atoms with Crippen LogP contribution < -0.4 is 32.4 Å². The number of nitrogens with zero attached hydrogens (tertiary/aromatic N) is 2. The Morgan fingerprint density at radius 3 is 1.80 bits per heavy atom. The fraction of sp³-hybridized carbons (Fsp3) is 0.250. The van der Waals surface area contributed by atoms with E-state index in [4.69, 9.17) is 37.1 Å². The molecule has 2 aromatic carbocycles. The van der Waals surface area contributed by atoms with Crippen molar-refractivity contribution in [1.29, 1.82) is 0 Å². The SMILES string of the molecule is COCOc1cc(N)cc(N)c1N.COCOc1cc([N+](=O)[O-])cc([N+](=O)[O-])c1N. The number of nitro groups is 2. The fourth-order valence-corrected chi connectivity index (χ4v) is 2.01. The summed E-state index contributed by atoms with van der Waals surface area (Å²) in [6.45, 7) is -0.102. The quantitative estimate of drug-likeness (QED) is 0.203. The Morgan fingerprint density at radius 2 is 1.33 bits per heavy atom. The number of hydrogen-bond acceptors (Lipinski definition) is 12. The van der Waals surface area contributed by atoms with Gasteiger partial charge in [0.05, 0.1) is 33.4 Å². The second-order valence-electron chi connectivity index (χ2n) is 5.51. The summed E-state index contributed by atoms with van der Waals surface area (Å²) in [5, 5.41) is 21.2. The van der Waals surface area contributed by atoms with E-state index in [1.165, 1.54) is 14.2 Å². The number of anilines is 4. The van der Waals surface area contributed by atoms with Crippen molar-refractivity contribution in [3.05, 3.63) is 44.5 Å². The molecular formula is C16H22N6O8. The van der Waals surface area contributed by atoms with E-state index < -0.39 is 21.2 Å². The Bertz CT molecular complexity index is 908. The Labute approximate surface area is 170 Å². The molecule has 0 aromatic heterocycles. The van der Waals surface area contributed by atoms with Crippen LogP contribution in [0.15, 0.2) is 24.3 Å². The van der Waals surface area contributed by atoms with Crippen LogP contribution in [-0.2, 0) is 9.47 Å². The van der Waals surface area contributed by atoms with Gasteiger partial charge < -0.3 is 41.9 Å². The van der Waals surface area contributed by atoms with E-state index in [0.717, 1.165) is 12.1 Å². The predicted octanol–water partition coefficient (Wildman–Crippen LogP) is 1.48. The van der Waals surface area contributed by atoms with Gasteiger partial charge in [-0.25, -0.2) is 0 Å². The molecule has 0 unspecified atom stereocenters. The van der Waals surface area contributed by atoms with Gasteiger partial charge in [-0.3, -0.25) is 20.2 Å². The molecule has 8 N–H and O–H groups in total. The average molecular weight is 426 g/mol. The Hall–Kier alpha value is -4.04. The van der Waals surface area contributed by atoms with Crippen molar-refractivity contribution < 1.29 is 28.8 Å². The summed E-state index contributed by atoms with van der Waals surface area (Å²) in [4.78, 5) is 19.6. The second kappa shape index (κ2) is 11.1. The molecule has 0 aliphatic heterocycles. The minimum absolute atomic E-state index is 0.118. The maximum Gasteiger partial charge on any atom is 0.302 e. The molecule has 0 radical (unpaired) electrons. The summed E-state index contributed by atoms with van der Waals surface area (Å²) >= 11 is 0. The molecule has 0 bridgehead atoms. The van der Waals surface area contributed by atoms with E-state index >= 15 is 0 Å². The highest BCUT2D eigenvalue weighted by Crippen LogP contribution is 2.36. The van der Waals surface area contributed by atoms with Gasteiger partial charge >= 0.3 is 5.69 Å². The number of non-ortho nitro benzene ring substituents is 1. The zero-order valence-electron chi connectivity index (χ0n) is 16.2. The minimum Gasteiger partial charge on any atom is -0.465 e. The normalized spacial score (nSPS) is 9.93. The van der Waals surface area contributed by atoms with Crippen LogP contribution in [0.4, 0.5) is 34.1 Å². The van der Waals surface area contributed by atoms with Crippen molar-refractivity contribution in [2.45, 2.75) is 0 Å². The third-order valence-electron chi connectivity index (χ3n) is 3.37. The van der Waals surface area contributed by atoms with E-state index in [9.17, 15) is 20.2 Å². The molecule has 0 amide bonds. The van der Waals surface area contributed by atoms with Crippen LogP contribution in [0.5, 0.6) is 11.5 Å². The lowest BCUT2D eigenvalue weighted by Gasteiger charge is -2.10. The first kappa shape index (κ1) is 24.0. The number of methoxy groups -OCH3 is 2. The van der Waals surface area contributed by atoms with Crippen LogP contribution in [-0.4, -0.2) is 37.7 Å². The number of nitrogens with two attached hydrogens (primary N) is 4. The third kappa shape index (κ3) is 6.54. The van der Waals surface area contributed by atoms with Gasteiger partial charge in [-0.1, -0.05) is 0 Å². The summed E-state index contributed by atoms with van der Waals surface area (Å²) in [6.07, 6.45) is 0. The zero-order valence-corrected chi connectivity index (χ0v) is 16.2. The van der Waals surface area contributed by atoms with Crippen molar-refractivity contribution in [2.75, 3.05) is 50.7 Å². The van der Waals surface area contributed by atoms with E-state index in [1.54, 1.807) is 12.1 Å². The second-order valence-corrected chi connectivity index (χ2v) is 5.51.